The van der Waals surface area contributed by atoms with Crippen molar-refractivity contribution in [2.24, 2.45) is 11.8 Å². The van der Waals surface area contributed by atoms with Gasteiger partial charge in [0, 0.05) is 31.1 Å². The third kappa shape index (κ3) is 5.40. The first-order chi connectivity index (χ1) is 13.8. The highest BCUT2D eigenvalue weighted by Crippen LogP contribution is 2.33. The van der Waals surface area contributed by atoms with Crippen molar-refractivity contribution in [1.29, 1.82) is 0 Å². The van der Waals surface area contributed by atoms with Crippen molar-refractivity contribution in [2.45, 2.75) is 26.7 Å². The van der Waals surface area contributed by atoms with E-state index in [1.807, 2.05) is 24.8 Å². The van der Waals surface area contributed by atoms with Crippen molar-refractivity contribution in [3.63, 3.8) is 0 Å². The molecule has 1 aliphatic rings. The van der Waals surface area contributed by atoms with E-state index < -0.39 is 0 Å². The molecule has 0 unspecified atom stereocenters. The van der Waals surface area contributed by atoms with Crippen molar-refractivity contribution in [3.8, 4) is 11.6 Å². The van der Waals surface area contributed by atoms with Crippen LogP contribution in [-0.4, -0.2) is 34.8 Å². The second-order valence-electron chi connectivity index (χ2n) is 7.28. The number of pyridine rings is 1. The molecular formula is C21H23Cl2N3O3. The van der Waals surface area contributed by atoms with Gasteiger partial charge in [-0.25, -0.2) is 4.98 Å². The Morgan fingerprint density at radius 1 is 1.21 bits per heavy atom. The lowest BCUT2D eigenvalue weighted by Crippen LogP contribution is -2.43. The zero-order valence-electron chi connectivity index (χ0n) is 16.3. The summed E-state index contributed by atoms with van der Waals surface area (Å²) in [6.07, 6.45) is 2.71. The molecule has 1 fully saturated rings. The molecule has 6 nitrogen and oxygen atoms in total. The maximum absolute atomic E-state index is 12.8. The number of carbonyl (C=O) groups is 2. The minimum Gasteiger partial charge on any atom is -0.435 e. The first-order valence-electron chi connectivity index (χ1n) is 9.52. The standard InChI is InChI=1S/C21H23Cl2N3O3/c1-13(2)21(28)26-9-7-14(8-10-26)19(27)25-17-5-3-4-6-18(17)29-20-16(23)11-15(22)12-24-20/h3-6,11-14H,7-10H2,1-2H3,(H,25,27). The summed E-state index contributed by atoms with van der Waals surface area (Å²) < 4.78 is 5.79. The fourth-order valence-corrected chi connectivity index (χ4v) is 3.62. The molecule has 1 aromatic carbocycles. The van der Waals surface area contributed by atoms with E-state index >= 15 is 0 Å². The number of halogens is 2. The quantitative estimate of drug-likeness (QED) is 0.715. The van der Waals surface area contributed by atoms with Crippen LogP contribution in [0.5, 0.6) is 11.6 Å². The number of likely N-dealkylation sites (tertiary alicyclic amines) is 1. The smallest absolute Gasteiger partial charge is 0.238 e. The molecule has 2 heterocycles. The molecule has 0 atom stereocenters. The minimum absolute atomic E-state index is 0.0299. The Morgan fingerprint density at radius 3 is 2.55 bits per heavy atom. The molecule has 29 heavy (non-hydrogen) atoms. The van der Waals surface area contributed by atoms with E-state index in [9.17, 15) is 9.59 Å². The number of para-hydroxylation sites is 2. The topological polar surface area (TPSA) is 71.5 Å². The van der Waals surface area contributed by atoms with Gasteiger partial charge in [0.15, 0.2) is 5.75 Å². The number of carbonyl (C=O) groups excluding carboxylic acids is 2. The average molecular weight is 436 g/mol. The van der Waals surface area contributed by atoms with Crippen LogP contribution in [0.25, 0.3) is 0 Å². The summed E-state index contributed by atoms with van der Waals surface area (Å²) in [7, 11) is 0. The van der Waals surface area contributed by atoms with Crippen LogP contribution >= 0.6 is 23.2 Å². The maximum atomic E-state index is 12.8. The van der Waals surface area contributed by atoms with Crippen molar-refractivity contribution in [2.75, 3.05) is 18.4 Å². The summed E-state index contributed by atoms with van der Waals surface area (Å²) in [6, 6.07) is 8.63. The Labute approximate surface area is 180 Å². The molecule has 1 aliphatic heterocycles. The van der Waals surface area contributed by atoms with Gasteiger partial charge >= 0.3 is 0 Å². The fraction of sp³-hybridized carbons (Fsp3) is 0.381. The Bertz CT molecular complexity index is 896. The second kappa shape index (κ2) is 9.46. The van der Waals surface area contributed by atoms with E-state index in [0.29, 0.717) is 42.4 Å². The molecule has 0 aliphatic carbocycles. The third-order valence-corrected chi connectivity index (χ3v) is 5.27. The highest BCUT2D eigenvalue weighted by Gasteiger charge is 2.28. The summed E-state index contributed by atoms with van der Waals surface area (Å²) in [5.74, 6) is 0.500. The van der Waals surface area contributed by atoms with Crippen LogP contribution in [0, 0.1) is 11.8 Å². The lowest BCUT2D eigenvalue weighted by molar-refractivity contribution is -0.137. The lowest BCUT2D eigenvalue weighted by atomic mass is 9.95. The average Bonchev–Trinajstić information content (AvgIpc) is 2.71. The molecule has 0 bridgehead atoms. The number of anilines is 1. The third-order valence-electron chi connectivity index (χ3n) is 4.80. The number of hydrogen-bond acceptors (Lipinski definition) is 4. The van der Waals surface area contributed by atoms with Crippen LogP contribution in [0.15, 0.2) is 36.5 Å². The minimum atomic E-state index is -0.156. The molecule has 0 radical (unpaired) electrons. The molecule has 1 aromatic heterocycles. The van der Waals surface area contributed by atoms with Gasteiger partial charge in [0.05, 0.1) is 10.7 Å². The van der Waals surface area contributed by atoms with E-state index in [1.165, 1.54) is 6.20 Å². The number of nitrogens with one attached hydrogen (secondary N) is 1. The number of amides is 2. The SMILES string of the molecule is CC(C)C(=O)N1CCC(C(=O)Nc2ccccc2Oc2ncc(Cl)cc2Cl)CC1. The Hall–Kier alpha value is -2.31. The molecule has 1 saturated heterocycles. The van der Waals surface area contributed by atoms with Crippen molar-refractivity contribution in [3.05, 3.63) is 46.6 Å². The van der Waals surface area contributed by atoms with Gasteiger partial charge in [-0.1, -0.05) is 49.2 Å². The highest BCUT2D eigenvalue weighted by molar-refractivity contribution is 6.35. The van der Waals surface area contributed by atoms with Crippen LogP contribution < -0.4 is 10.1 Å². The summed E-state index contributed by atoms with van der Waals surface area (Å²) >= 11 is 12.0. The normalized spacial score (nSPS) is 14.7. The van der Waals surface area contributed by atoms with E-state index in [-0.39, 0.29) is 34.6 Å². The van der Waals surface area contributed by atoms with Crippen molar-refractivity contribution >= 4 is 40.7 Å². The van der Waals surface area contributed by atoms with Gasteiger partial charge in [-0.15, -0.1) is 0 Å². The van der Waals surface area contributed by atoms with Gasteiger partial charge in [0.1, 0.15) is 5.02 Å². The van der Waals surface area contributed by atoms with Crippen molar-refractivity contribution in [1.82, 2.24) is 9.88 Å². The second-order valence-corrected chi connectivity index (χ2v) is 8.13. The maximum Gasteiger partial charge on any atom is 0.238 e. The van der Waals surface area contributed by atoms with Crippen LogP contribution in [-0.2, 0) is 9.59 Å². The molecule has 2 amide bonds. The van der Waals surface area contributed by atoms with Crippen LogP contribution in [0.2, 0.25) is 10.0 Å². The first-order valence-corrected chi connectivity index (χ1v) is 10.3. The summed E-state index contributed by atoms with van der Waals surface area (Å²) in [5, 5.41) is 3.62. The number of ether oxygens (including phenoxy) is 1. The zero-order valence-corrected chi connectivity index (χ0v) is 17.8. The first kappa shape index (κ1) is 21.4. The van der Waals surface area contributed by atoms with Crippen LogP contribution in [0.1, 0.15) is 26.7 Å². The molecule has 1 N–H and O–H groups in total. The van der Waals surface area contributed by atoms with Gasteiger partial charge in [-0.05, 0) is 31.0 Å². The number of benzene rings is 1. The molecule has 2 aromatic rings. The number of rotatable bonds is 5. The Morgan fingerprint density at radius 2 is 1.90 bits per heavy atom. The highest BCUT2D eigenvalue weighted by atomic mass is 35.5. The molecule has 8 heteroatoms. The fourth-order valence-electron chi connectivity index (χ4n) is 3.20. The molecule has 0 spiro atoms. The number of piperidine rings is 1. The predicted octanol–water partition coefficient (Wildman–Crippen LogP) is 5.01. The summed E-state index contributed by atoms with van der Waals surface area (Å²) in [5.41, 5.74) is 0.533. The molecule has 0 saturated carbocycles. The summed E-state index contributed by atoms with van der Waals surface area (Å²) in [4.78, 5) is 30.8. The van der Waals surface area contributed by atoms with Gasteiger partial charge in [-0.2, -0.15) is 0 Å². The molecule has 3 rings (SSSR count). The largest absolute Gasteiger partial charge is 0.435 e. The van der Waals surface area contributed by atoms with Crippen LogP contribution in [0.4, 0.5) is 5.69 Å². The zero-order chi connectivity index (χ0) is 21.0. The Balaban J connectivity index is 1.65. The van der Waals surface area contributed by atoms with E-state index in [4.69, 9.17) is 27.9 Å². The number of hydrogen-bond donors (Lipinski definition) is 1. The van der Waals surface area contributed by atoms with E-state index in [1.54, 1.807) is 24.3 Å². The monoisotopic (exact) mass is 435 g/mol. The lowest BCUT2D eigenvalue weighted by Gasteiger charge is -2.32. The van der Waals surface area contributed by atoms with E-state index in [2.05, 4.69) is 10.3 Å². The predicted molar refractivity (Wildman–Crippen MR) is 114 cm³/mol. The van der Waals surface area contributed by atoms with Gasteiger partial charge in [-0.3, -0.25) is 9.59 Å². The van der Waals surface area contributed by atoms with Crippen molar-refractivity contribution < 1.29 is 14.3 Å². The molecule has 154 valence electrons. The summed E-state index contributed by atoms with van der Waals surface area (Å²) in [6.45, 7) is 4.97. The van der Waals surface area contributed by atoms with E-state index in [0.717, 1.165) is 0 Å². The molecular weight excluding hydrogens is 413 g/mol. The van der Waals surface area contributed by atoms with Gasteiger partial charge in [0.2, 0.25) is 17.7 Å². The Kier molecular flexibility index (Phi) is 6.98. The number of aromatic nitrogens is 1. The van der Waals surface area contributed by atoms with Gasteiger partial charge in [0.25, 0.3) is 0 Å². The van der Waals surface area contributed by atoms with Crippen LogP contribution in [0.3, 0.4) is 0 Å². The van der Waals surface area contributed by atoms with Gasteiger partial charge < -0.3 is 15.0 Å². The number of nitrogens with zero attached hydrogens (tertiary/aromatic N) is 2.